The van der Waals surface area contributed by atoms with Crippen molar-refractivity contribution in [1.82, 2.24) is 25.4 Å². The largest absolute Gasteiger partial charge is 0.444 e. The van der Waals surface area contributed by atoms with E-state index in [2.05, 4.69) is 20.7 Å². The molecule has 0 aliphatic carbocycles. The van der Waals surface area contributed by atoms with E-state index in [1.807, 2.05) is 12.3 Å². The average molecular weight is 383 g/mol. The van der Waals surface area contributed by atoms with Crippen molar-refractivity contribution in [3.8, 4) is 11.5 Å². The van der Waals surface area contributed by atoms with E-state index in [0.29, 0.717) is 37.3 Å². The van der Waals surface area contributed by atoms with E-state index in [4.69, 9.17) is 4.42 Å². The number of piperidine rings is 1. The molecule has 0 saturated carbocycles. The molecule has 146 valence electrons. The molecule has 7 nitrogen and oxygen atoms in total. The molecule has 3 aromatic rings. The highest BCUT2D eigenvalue weighted by atomic mass is 19.1. The van der Waals surface area contributed by atoms with Gasteiger partial charge in [0.15, 0.2) is 0 Å². The van der Waals surface area contributed by atoms with Crippen molar-refractivity contribution in [2.45, 2.75) is 24.8 Å². The quantitative estimate of drug-likeness (QED) is 0.681. The Morgan fingerprint density at radius 2 is 2.07 bits per heavy atom. The van der Waals surface area contributed by atoms with Crippen LogP contribution in [-0.2, 0) is 16.8 Å². The monoisotopic (exact) mass is 383 g/mol. The van der Waals surface area contributed by atoms with Gasteiger partial charge >= 0.3 is 0 Å². The van der Waals surface area contributed by atoms with Crippen molar-refractivity contribution in [3.63, 3.8) is 0 Å². The van der Waals surface area contributed by atoms with Gasteiger partial charge in [0.25, 0.3) is 0 Å². The van der Waals surface area contributed by atoms with Gasteiger partial charge in [0, 0.05) is 30.9 Å². The fourth-order valence-corrected chi connectivity index (χ4v) is 3.54. The zero-order valence-electron chi connectivity index (χ0n) is 15.4. The molecule has 1 fully saturated rings. The molecule has 0 bridgehead atoms. The van der Waals surface area contributed by atoms with Gasteiger partial charge in [0.1, 0.15) is 17.6 Å². The van der Waals surface area contributed by atoms with Gasteiger partial charge in [-0.3, -0.25) is 9.48 Å². The second-order valence-electron chi connectivity index (χ2n) is 6.89. The number of amides is 1. The summed E-state index contributed by atoms with van der Waals surface area (Å²) in [6.07, 6.45) is 7.04. The van der Waals surface area contributed by atoms with Gasteiger partial charge in [0.2, 0.25) is 11.8 Å². The molecule has 1 aromatic carbocycles. The van der Waals surface area contributed by atoms with Gasteiger partial charge in [-0.15, -0.1) is 0 Å². The van der Waals surface area contributed by atoms with Crippen LogP contribution in [0.2, 0.25) is 0 Å². The smallest absolute Gasteiger partial charge is 0.248 e. The number of benzene rings is 1. The number of carbonyl (C=O) groups excluding carboxylic acids is 1. The molecule has 1 aliphatic rings. The molecule has 3 heterocycles. The van der Waals surface area contributed by atoms with Crippen LogP contribution in [0.15, 0.2) is 53.4 Å². The molecule has 0 unspecified atom stereocenters. The van der Waals surface area contributed by atoms with E-state index < -0.39 is 5.54 Å². The van der Waals surface area contributed by atoms with Crippen LogP contribution < -0.4 is 10.6 Å². The maximum absolute atomic E-state index is 13.0. The second-order valence-corrected chi connectivity index (χ2v) is 6.89. The van der Waals surface area contributed by atoms with Crippen molar-refractivity contribution < 1.29 is 13.6 Å². The standard InChI is InChI=1S/C20H22FN5O2/c21-16-4-2-15(3-5-16)18-25-17(14-28-18)6-10-23-19(27)20(7-11-22-12-8-20)26-13-1-9-24-26/h1-5,9,13-14,22H,6-8,10-12H2,(H,23,27). The molecule has 28 heavy (non-hydrogen) atoms. The van der Waals surface area contributed by atoms with E-state index >= 15 is 0 Å². The number of aromatic nitrogens is 3. The minimum atomic E-state index is -0.655. The minimum Gasteiger partial charge on any atom is -0.444 e. The summed E-state index contributed by atoms with van der Waals surface area (Å²) in [5, 5.41) is 10.6. The third kappa shape index (κ3) is 3.68. The number of carbonyl (C=O) groups is 1. The Morgan fingerprint density at radius 1 is 1.29 bits per heavy atom. The number of nitrogens with zero attached hydrogens (tertiary/aromatic N) is 3. The predicted octanol–water partition coefficient (Wildman–Crippen LogP) is 2.11. The van der Waals surface area contributed by atoms with Gasteiger partial charge in [-0.05, 0) is 56.3 Å². The van der Waals surface area contributed by atoms with Gasteiger partial charge in [-0.1, -0.05) is 0 Å². The topological polar surface area (TPSA) is 85.0 Å². The van der Waals surface area contributed by atoms with Crippen molar-refractivity contribution >= 4 is 5.91 Å². The Bertz CT molecular complexity index is 914. The lowest BCUT2D eigenvalue weighted by atomic mass is 9.87. The summed E-state index contributed by atoms with van der Waals surface area (Å²) in [5.41, 5.74) is 0.791. The predicted molar refractivity (Wildman–Crippen MR) is 101 cm³/mol. The molecule has 8 heteroatoms. The third-order valence-corrected chi connectivity index (χ3v) is 5.11. The highest BCUT2D eigenvalue weighted by Gasteiger charge is 2.41. The van der Waals surface area contributed by atoms with Crippen molar-refractivity contribution in [2.75, 3.05) is 19.6 Å². The summed E-state index contributed by atoms with van der Waals surface area (Å²) < 4.78 is 20.3. The maximum atomic E-state index is 13.0. The zero-order valence-corrected chi connectivity index (χ0v) is 15.4. The van der Waals surface area contributed by atoms with Crippen LogP contribution in [0.3, 0.4) is 0 Å². The van der Waals surface area contributed by atoms with Crippen LogP contribution in [0.1, 0.15) is 18.5 Å². The lowest BCUT2D eigenvalue weighted by Gasteiger charge is -2.36. The summed E-state index contributed by atoms with van der Waals surface area (Å²) in [7, 11) is 0. The van der Waals surface area contributed by atoms with Crippen LogP contribution in [-0.4, -0.2) is 40.3 Å². The first-order valence-electron chi connectivity index (χ1n) is 9.37. The van der Waals surface area contributed by atoms with Gasteiger partial charge in [-0.25, -0.2) is 9.37 Å². The first kappa shape index (κ1) is 18.4. The van der Waals surface area contributed by atoms with Crippen LogP contribution in [0.25, 0.3) is 11.5 Å². The lowest BCUT2D eigenvalue weighted by molar-refractivity contribution is -0.131. The minimum absolute atomic E-state index is 0.0278. The normalized spacial score (nSPS) is 16.0. The molecular formula is C20H22FN5O2. The number of hydrogen-bond acceptors (Lipinski definition) is 5. The van der Waals surface area contributed by atoms with Crippen molar-refractivity contribution in [2.24, 2.45) is 0 Å². The van der Waals surface area contributed by atoms with Crippen LogP contribution >= 0.6 is 0 Å². The summed E-state index contributed by atoms with van der Waals surface area (Å²) in [5.74, 6) is 0.106. The SMILES string of the molecule is O=C(NCCc1coc(-c2ccc(F)cc2)n1)C1(n2cccn2)CCNCC1. The number of hydrogen-bond donors (Lipinski definition) is 2. The van der Waals surface area contributed by atoms with Crippen molar-refractivity contribution in [1.29, 1.82) is 0 Å². The number of nitrogens with one attached hydrogen (secondary N) is 2. The highest BCUT2D eigenvalue weighted by Crippen LogP contribution is 2.27. The Balaban J connectivity index is 1.38. The molecule has 0 atom stereocenters. The Kier molecular flexibility index (Phi) is 5.21. The Hall–Kier alpha value is -3.00. The molecular weight excluding hydrogens is 361 g/mol. The summed E-state index contributed by atoms with van der Waals surface area (Å²) >= 11 is 0. The van der Waals surface area contributed by atoms with E-state index in [0.717, 1.165) is 18.8 Å². The number of rotatable bonds is 6. The Morgan fingerprint density at radius 3 is 2.79 bits per heavy atom. The molecule has 2 N–H and O–H groups in total. The van der Waals surface area contributed by atoms with E-state index in [1.165, 1.54) is 12.1 Å². The molecule has 2 aromatic heterocycles. The van der Waals surface area contributed by atoms with E-state index in [-0.39, 0.29) is 11.7 Å². The lowest BCUT2D eigenvalue weighted by Crippen LogP contribution is -2.54. The van der Waals surface area contributed by atoms with E-state index in [1.54, 1.807) is 29.3 Å². The van der Waals surface area contributed by atoms with Crippen LogP contribution in [0, 0.1) is 5.82 Å². The fraction of sp³-hybridized carbons (Fsp3) is 0.350. The van der Waals surface area contributed by atoms with Crippen LogP contribution in [0.4, 0.5) is 4.39 Å². The first-order valence-corrected chi connectivity index (χ1v) is 9.37. The summed E-state index contributed by atoms with van der Waals surface area (Å²) in [6, 6.07) is 7.82. The molecule has 0 spiro atoms. The van der Waals surface area contributed by atoms with Crippen molar-refractivity contribution in [3.05, 3.63) is 60.5 Å². The second kappa shape index (κ2) is 7.93. The molecule has 4 rings (SSSR count). The zero-order chi connectivity index (χ0) is 19.4. The molecule has 1 aliphatic heterocycles. The molecule has 1 amide bonds. The fourth-order valence-electron chi connectivity index (χ4n) is 3.54. The van der Waals surface area contributed by atoms with E-state index in [9.17, 15) is 9.18 Å². The summed E-state index contributed by atoms with van der Waals surface area (Å²) in [6.45, 7) is 2.00. The molecule has 1 saturated heterocycles. The molecule has 0 radical (unpaired) electrons. The Labute approximate surface area is 162 Å². The number of halogens is 1. The number of oxazole rings is 1. The van der Waals surface area contributed by atoms with Crippen LogP contribution in [0.5, 0.6) is 0 Å². The third-order valence-electron chi connectivity index (χ3n) is 5.11. The average Bonchev–Trinajstić information content (AvgIpc) is 3.42. The first-order chi connectivity index (χ1) is 13.7. The summed E-state index contributed by atoms with van der Waals surface area (Å²) in [4.78, 5) is 17.4. The highest BCUT2D eigenvalue weighted by molar-refractivity contribution is 5.84. The maximum Gasteiger partial charge on any atom is 0.248 e. The van der Waals surface area contributed by atoms with Gasteiger partial charge in [-0.2, -0.15) is 5.10 Å². The van der Waals surface area contributed by atoms with Gasteiger partial charge < -0.3 is 15.1 Å². The van der Waals surface area contributed by atoms with Gasteiger partial charge in [0.05, 0.1) is 5.69 Å².